The molecule has 0 radical (unpaired) electrons. The number of carbonyl (C=O) groups is 3. The number of hydrogen-bond acceptors (Lipinski definition) is 6. The van der Waals surface area contributed by atoms with Gasteiger partial charge in [-0.1, -0.05) is 0 Å². The van der Waals surface area contributed by atoms with Crippen LogP contribution in [-0.4, -0.2) is 41.1 Å². The van der Waals surface area contributed by atoms with Gasteiger partial charge in [-0.3, -0.25) is 4.79 Å². The first-order valence-electron chi connectivity index (χ1n) is 8.98. The monoisotopic (exact) mass is 375 g/mol. The Balaban J connectivity index is 2.01. The first-order chi connectivity index (χ1) is 12.7. The summed E-state index contributed by atoms with van der Waals surface area (Å²) in [5.74, 6) is -1.79. The fourth-order valence-electron chi connectivity index (χ4n) is 3.28. The van der Waals surface area contributed by atoms with Crippen LogP contribution in [0.15, 0.2) is 0 Å². The summed E-state index contributed by atoms with van der Waals surface area (Å²) in [6.45, 7) is 6.25. The van der Waals surface area contributed by atoms with Crippen LogP contribution in [0, 0.1) is 25.2 Å². The van der Waals surface area contributed by atoms with Crippen molar-refractivity contribution in [3.05, 3.63) is 22.5 Å². The molecular weight excluding hydrogens is 350 g/mol. The molecule has 0 bridgehead atoms. The van der Waals surface area contributed by atoms with Gasteiger partial charge in [-0.15, -0.1) is 0 Å². The van der Waals surface area contributed by atoms with Crippen molar-refractivity contribution < 1.29 is 23.9 Å². The van der Waals surface area contributed by atoms with E-state index in [2.05, 4.69) is 16.4 Å². The second-order valence-electron chi connectivity index (χ2n) is 7.10. The van der Waals surface area contributed by atoms with E-state index in [0.29, 0.717) is 24.1 Å². The standard InChI is InChI=1S/C19H25N3O5/c1-11(2)27-17(24)15-12(3)16(21-13(15)4)18(25)26-9-14(23)22-19(10-20)7-5-6-8-19/h11,21H,5-9H2,1-4H3,(H,22,23). The molecule has 8 heteroatoms. The molecule has 1 aromatic rings. The highest BCUT2D eigenvalue weighted by Crippen LogP contribution is 2.28. The molecule has 0 spiro atoms. The number of nitrogens with zero attached hydrogens (tertiary/aromatic N) is 1. The van der Waals surface area contributed by atoms with E-state index in [1.807, 2.05) is 0 Å². The first-order valence-corrected chi connectivity index (χ1v) is 8.98. The van der Waals surface area contributed by atoms with Crippen LogP contribution >= 0.6 is 0 Å². The van der Waals surface area contributed by atoms with Gasteiger partial charge in [0.25, 0.3) is 5.91 Å². The summed E-state index contributed by atoms with van der Waals surface area (Å²) < 4.78 is 10.2. The molecule has 8 nitrogen and oxygen atoms in total. The number of aromatic amines is 1. The quantitative estimate of drug-likeness (QED) is 0.736. The van der Waals surface area contributed by atoms with Gasteiger partial charge in [-0.25, -0.2) is 9.59 Å². The summed E-state index contributed by atoms with van der Waals surface area (Å²) in [5.41, 5.74) is 0.425. The number of hydrogen-bond donors (Lipinski definition) is 2. The average molecular weight is 375 g/mol. The third-order valence-electron chi connectivity index (χ3n) is 4.57. The largest absolute Gasteiger partial charge is 0.459 e. The lowest BCUT2D eigenvalue weighted by atomic mass is 10.00. The summed E-state index contributed by atoms with van der Waals surface area (Å²) in [5, 5.41) is 11.9. The minimum absolute atomic E-state index is 0.104. The van der Waals surface area contributed by atoms with Gasteiger partial charge in [0, 0.05) is 5.69 Å². The molecule has 1 aliphatic carbocycles. The van der Waals surface area contributed by atoms with Crippen molar-refractivity contribution >= 4 is 17.8 Å². The van der Waals surface area contributed by atoms with E-state index in [4.69, 9.17) is 9.47 Å². The molecule has 1 aliphatic rings. The molecule has 0 aromatic carbocycles. The summed E-state index contributed by atoms with van der Waals surface area (Å²) in [4.78, 5) is 39.4. The van der Waals surface area contributed by atoms with E-state index in [-0.39, 0.29) is 17.4 Å². The minimum atomic E-state index is -0.865. The van der Waals surface area contributed by atoms with Gasteiger partial charge < -0.3 is 19.8 Å². The number of esters is 2. The molecule has 0 saturated heterocycles. The van der Waals surface area contributed by atoms with Crippen molar-refractivity contribution in [2.24, 2.45) is 0 Å². The van der Waals surface area contributed by atoms with Gasteiger partial charge in [0.2, 0.25) is 0 Å². The van der Waals surface area contributed by atoms with E-state index in [9.17, 15) is 19.6 Å². The van der Waals surface area contributed by atoms with Gasteiger partial charge in [0.1, 0.15) is 11.2 Å². The fraction of sp³-hybridized carbons (Fsp3) is 0.579. The molecule has 146 valence electrons. The van der Waals surface area contributed by atoms with Crippen LogP contribution in [-0.2, 0) is 14.3 Å². The van der Waals surface area contributed by atoms with E-state index in [1.165, 1.54) is 0 Å². The van der Waals surface area contributed by atoms with E-state index < -0.39 is 30.0 Å². The lowest BCUT2D eigenvalue weighted by Crippen LogP contribution is -2.46. The highest BCUT2D eigenvalue weighted by atomic mass is 16.5. The number of amides is 1. The average Bonchev–Trinajstić information content (AvgIpc) is 3.17. The van der Waals surface area contributed by atoms with Crippen molar-refractivity contribution in [2.75, 3.05) is 6.61 Å². The predicted octanol–water partition coefficient (Wildman–Crippen LogP) is 2.31. The third-order valence-corrected chi connectivity index (χ3v) is 4.57. The SMILES string of the molecule is Cc1[nH]c(C(=O)OCC(=O)NC2(C#N)CCCC2)c(C)c1C(=O)OC(C)C. The van der Waals surface area contributed by atoms with Gasteiger partial charge >= 0.3 is 11.9 Å². The van der Waals surface area contributed by atoms with Crippen molar-refractivity contribution in [1.82, 2.24) is 10.3 Å². The number of nitrogens with one attached hydrogen (secondary N) is 2. The Bertz CT molecular complexity index is 782. The van der Waals surface area contributed by atoms with E-state index in [0.717, 1.165) is 12.8 Å². The predicted molar refractivity (Wildman–Crippen MR) is 96.1 cm³/mol. The smallest absolute Gasteiger partial charge is 0.355 e. The fourth-order valence-corrected chi connectivity index (χ4v) is 3.28. The van der Waals surface area contributed by atoms with Gasteiger partial charge in [0.05, 0.1) is 17.7 Å². The molecule has 0 atom stereocenters. The second-order valence-corrected chi connectivity index (χ2v) is 7.10. The highest BCUT2D eigenvalue weighted by molar-refractivity contribution is 5.99. The third kappa shape index (κ3) is 4.67. The number of H-pyrrole nitrogens is 1. The zero-order chi connectivity index (χ0) is 20.2. The number of nitriles is 1. The van der Waals surface area contributed by atoms with Crippen LogP contribution in [0.3, 0.4) is 0 Å². The molecule has 1 heterocycles. The molecule has 1 amide bonds. The number of rotatable bonds is 6. The van der Waals surface area contributed by atoms with Crippen molar-refractivity contribution in [3.8, 4) is 6.07 Å². The Morgan fingerprint density at radius 2 is 1.85 bits per heavy atom. The van der Waals surface area contributed by atoms with Crippen LogP contribution < -0.4 is 5.32 Å². The second kappa shape index (κ2) is 8.25. The lowest BCUT2D eigenvalue weighted by Gasteiger charge is -2.21. The highest BCUT2D eigenvalue weighted by Gasteiger charge is 2.35. The van der Waals surface area contributed by atoms with Crippen LogP contribution in [0.5, 0.6) is 0 Å². The maximum Gasteiger partial charge on any atom is 0.355 e. The Morgan fingerprint density at radius 3 is 2.41 bits per heavy atom. The molecule has 2 N–H and O–H groups in total. The number of aromatic nitrogens is 1. The van der Waals surface area contributed by atoms with Gasteiger partial charge in [-0.05, 0) is 58.9 Å². The zero-order valence-corrected chi connectivity index (χ0v) is 16.1. The molecular formula is C19H25N3O5. The Hall–Kier alpha value is -2.82. The first kappa shape index (κ1) is 20.5. The Morgan fingerprint density at radius 1 is 1.22 bits per heavy atom. The van der Waals surface area contributed by atoms with Crippen molar-refractivity contribution in [3.63, 3.8) is 0 Å². The summed E-state index contributed by atoms with van der Waals surface area (Å²) in [6, 6.07) is 2.15. The molecule has 2 rings (SSSR count). The molecule has 0 aliphatic heterocycles. The molecule has 1 saturated carbocycles. The summed E-state index contributed by atoms with van der Waals surface area (Å²) in [6.07, 6.45) is 2.67. The van der Waals surface area contributed by atoms with Crippen molar-refractivity contribution in [2.45, 2.75) is 65.0 Å². The maximum absolute atomic E-state index is 12.3. The van der Waals surface area contributed by atoms with Gasteiger partial charge in [-0.2, -0.15) is 5.26 Å². The molecule has 27 heavy (non-hydrogen) atoms. The number of ether oxygens (including phenoxy) is 2. The van der Waals surface area contributed by atoms with Crippen molar-refractivity contribution in [1.29, 1.82) is 5.26 Å². The van der Waals surface area contributed by atoms with Crippen LogP contribution in [0.1, 0.15) is 71.6 Å². The van der Waals surface area contributed by atoms with Crippen LogP contribution in [0.25, 0.3) is 0 Å². The van der Waals surface area contributed by atoms with Gasteiger partial charge in [0.15, 0.2) is 6.61 Å². The Kier molecular flexibility index (Phi) is 6.26. The minimum Gasteiger partial charge on any atom is -0.459 e. The van der Waals surface area contributed by atoms with E-state index >= 15 is 0 Å². The molecule has 1 fully saturated rings. The molecule has 1 aromatic heterocycles. The number of carbonyl (C=O) groups excluding carboxylic acids is 3. The van der Waals surface area contributed by atoms with Crippen LogP contribution in [0.4, 0.5) is 0 Å². The Labute approximate surface area is 158 Å². The number of aryl methyl sites for hydroxylation is 1. The van der Waals surface area contributed by atoms with E-state index in [1.54, 1.807) is 27.7 Å². The maximum atomic E-state index is 12.3. The summed E-state index contributed by atoms with van der Waals surface area (Å²) >= 11 is 0. The topological polar surface area (TPSA) is 121 Å². The summed E-state index contributed by atoms with van der Waals surface area (Å²) in [7, 11) is 0. The lowest BCUT2D eigenvalue weighted by molar-refractivity contribution is -0.125. The molecule has 0 unspecified atom stereocenters. The zero-order valence-electron chi connectivity index (χ0n) is 16.1. The normalized spacial score (nSPS) is 15.3. The van der Waals surface area contributed by atoms with Crippen LogP contribution in [0.2, 0.25) is 0 Å².